The lowest BCUT2D eigenvalue weighted by Crippen LogP contribution is -2.35. The molecule has 3 nitrogen and oxygen atoms in total. The maximum Gasteiger partial charge on any atom is 0.126 e. The Labute approximate surface area is 199 Å². The number of rotatable bonds is 8. The molecule has 2 rings (SSSR count). The summed E-state index contributed by atoms with van der Waals surface area (Å²) >= 11 is 6.34. The van der Waals surface area contributed by atoms with Gasteiger partial charge in [0.1, 0.15) is 18.5 Å². The number of halogens is 1. The minimum Gasteiger partial charge on any atom is -0.490 e. The zero-order valence-electron chi connectivity index (χ0n) is 20.9. The molecule has 2 aromatic rings. The molecule has 0 heterocycles. The molecule has 0 aliphatic rings. The fourth-order valence-electron chi connectivity index (χ4n) is 3.42. The first-order valence-electron chi connectivity index (χ1n) is 11.4. The number of aliphatic hydroxyl groups is 1. The maximum atomic E-state index is 10.4. The van der Waals surface area contributed by atoms with Crippen LogP contribution in [0.3, 0.4) is 0 Å². The predicted molar refractivity (Wildman–Crippen MR) is 139 cm³/mol. The topological polar surface area (TPSA) is 41.5 Å². The lowest BCUT2D eigenvalue weighted by atomic mass is 9.78. The van der Waals surface area contributed by atoms with Crippen LogP contribution in [0.15, 0.2) is 36.4 Å². The molecule has 2 aromatic carbocycles. The number of hydrogen-bond donors (Lipinski definition) is 2. The smallest absolute Gasteiger partial charge is 0.126 e. The van der Waals surface area contributed by atoms with Crippen molar-refractivity contribution in [3.8, 4) is 5.75 Å². The fraction of sp³-hybridized carbons (Fsp3) is 0.500. The Bertz CT molecular complexity index is 885. The van der Waals surface area contributed by atoms with E-state index in [9.17, 15) is 5.11 Å². The van der Waals surface area contributed by atoms with Crippen molar-refractivity contribution in [1.82, 2.24) is 5.32 Å². The van der Waals surface area contributed by atoms with Crippen molar-refractivity contribution in [2.24, 2.45) is 0 Å². The van der Waals surface area contributed by atoms with Gasteiger partial charge in [-0.2, -0.15) is 0 Å². The summed E-state index contributed by atoms with van der Waals surface area (Å²) in [7, 11) is 0. The van der Waals surface area contributed by atoms with E-state index in [4.69, 9.17) is 16.3 Å². The van der Waals surface area contributed by atoms with Gasteiger partial charge in [0.05, 0.1) is 0 Å². The highest BCUT2D eigenvalue weighted by atomic mass is 35.5. The van der Waals surface area contributed by atoms with Gasteiger partial charge in [0.25, 0.3) is 0 Å². The molecule has 0 aromatic heterocycles. The van der Waals surface area contributed by atoms with Crippen molar-refractivity contribution in [1.29, 1.82) is 0 Å². The summed E-state index contributed by atoms with van der Waals surface area (Å²) < 4.78 is 6.32. The minimum atomic E-state index is -0.571. The third kappa shape index (κ3) is 7.65. The molecular weight excluding hydrogens is 418 g/mol. The van der Waals surface area contributed by atoms with Gasteiger partial charge in [-0.15, -0.1) is 0 Å². The van der Waals surface area contributed by atoms with Crippen LogP contribution in [-0.2, 0) is 10.8 Å². The zero-order chi connectivity index (χ0) is 24.1. The van der Waals surface area contributed by atoms with Crippen LogP contribution in [-0.4, -0.2) is 30.4 Å². The third-order valence-electron chi connectivity index (χ3n) is 5.27. The molecule has 176 valence electrons. The van der Waals surface area contributed by atoms with Gasteiger partial charge >= 0.3 is 0 Å². The van der Waals surface area contributed by atoms with Crippen molar-refractivity contribution < 1.29 is 9.84 Å². The highest BCUT2D eigenvalue weighted by Gasteiger charge is 2.28. The summed E-state index contributed by atoms with van der Waals surface area (Å²) in [6.07, 6.45) is 3.59. The van der Waals surface area contributed by atoms with Gasteiger partial charge in [-0.05, 0) is 40.2 Å². The number of aliphatic hydroxyl groups excluding tert-OH is 1. The van der Waals surface area contributed by atoms with Gasteiger partial charge in [-0.25, -0.2) is 0 Å². The van der Waals surface area contributed by atoms with E-state index in [0.29, 0.717) is 12.6 Å². The van der Waals surface area contributed by atoms with Crippen LogP contribution in [0.25, 0.3) is 12.2 Å². The second kappa shape index (κ2) is 10.9. The van der Waals surface area contributed by atoms with Crippen LogP contribution in [0.2, 0.25) is 5.02 Å². The number of ether oxygens (including phenoxy) is 1. The van der Waals surface area contributed by atoms with Crippen LogP contribution in [0, 0.1) is 0 Å². The molecule has 0 bridgehead atoms. The highest BCUT2D eigenvalue weighted by Crippen LogP contribution is 2.41. The van der Waals surface area contributed by atoms with E-state index in [1.54, 1.807) is 0 Å². The molecule has 2 N–H and O–H groups in total. The summed E-state index contributed by atoms with van der Waals surface area (Å²) in [5.41, 5.74) is 4.12. The summed E-state index contributed by atoms with van der Waals surface area (Å²) in [5.74, 6) is 0.878. The molecule has 1 atom stereocenters. The van der Waals surface area contributed by atoms with Crippen molar-refractivity contribution in [3.63, 3.8) is 0 Å². The lowest BCUT2D eigenvalue weighted by Gasteiger charge is -2.31. The Morgan fingerprint density at radius 1 is 0.969 bits per heavy atom. The van der Waals surface area contributed by atoms with E-state index < -0.39 is 6.10 Å². The second-order valence-electron chi connectivity index (χ2n) is 10.8. The van der Waals surface area contributed by atoms with Gasteiger partial charge in [-0.1, -0.05) is 97.3 Å². The van der Waals surface area contributed by atoms with Gasteiger partial charge in [0.2, 0.25) is 0 Å². The minimum absolute atomic E-state index is 0.120. The molecule has 0 fully saturated rings. The largest absolute Gasteiger partial charge is 0.490 e. The molecule has 4 heteroatoms. The molecule has 0 aliphatic heterocycles. The Morgan fingerprint density at radius 3 is 2.03 bits per heavy atom. The van der Waals surface area contributed by atoms with E-state index in [0.717, 1.165) is 33.0 Å². The standard InChI is InChI=1S/C28H40ClNO2/c1-19(2)30-17-22(31)18-32-26-23(27(3,4)5)15-20(16-24(26)28(6,7)8)13-14-21-11-9-10-12-25(21)29/h9-16,19,22,30-31H,17-18H2,1-8H3/b14-13+. The average molecular weight is 458 g/mol. The summed E-state index contributed by atoms with van der Waals surface area (Å²) in [6.45, 7) is 18.1. The molecule has 32 heavy (non-hydrogen) atoms. The first kappa shape index (κ1) is 26.4. The van der Waals surface area contributed by atoms with Gasteiger partial charge < -0.3 is 15.2 Å². The molecule has 0 spiro atoms. The third-order valence-corrected chi connectivity index (χ3v) is 5.61. The van der Waals surface area contributed by atoms with E-state index in [1.807, 2.05) is 24.3 Å². The number of hydrogen-bond acceptors (Lipinski definition) is 3. The van der Waals surface area contributed by atoms with Crippen LogP contribution in [0.4, 0.5) is 0 Å². The Hall–Kier alpha value is -1.81. The summed E-state index contributed by atoms with van der Waals surface area (Å²) in [4.78, 5) is 0. The molecular formula is C28H40ClNO2. The highest BCUT2D eigenvalue weighted by molar-refractivity contribution is 6.32. The molecule has 0 saturated heterocycles. The van der Waals surface area contributed by atoms with Gasteiger partial charge in [0.15, 0.2) is 0 Å². The van der Waals surface area contributed by atoms with Crippen LogP contribution in [0.5, 0.6) is 5.75 Å². The monoisotopic (exact) mass is 457 g/mol. The van der Waals surface area contributed by atoms with Crippen LogP contribution in [0.1, 0.15) is 77.6 Å². The summed E-state index contributed by atoms with van der Waals surface area (Å²) in [6, 6.07) is 12.5. The molecule has 0 saturated carbocycles. The maximum absolute atomic E-state index is 10.4. The van der Waals surface area contributed by atoms with E-state index in [1.165, 1.54) is 0 Å². The van der Waals surface area contributed by atoms with E-state index in [2.05, 4.69) is 85.0 Å². The molecule has 0 radical (unpaired) electrons. The Balaban J connectivity index is 2.47. The molecule has 1 unspecified atom stereocenters. The number of nitrogens with one attached hydrogen (secondary N) is 1. The molecule has 0 aliphatic carbocycles. The quantitative estimate of drug-likeness (QED) is 0.426. The SMILES string of the molecule is CC(C)NCC(O)COc1c(C(C)(C)C)cc(/C=C/c2ccccc2Cl)cc1C(C)(C)C. The van der Waals surface area contributed by atoms with Crippen molar-refractivity contribution in [3.05, 3.63) is 63.7 Å². The Morgan fingerprint density at radius 2 is 1.53 bits per heavy atom. The van der Waals surface area contributed by atoms with Crippen molar-refractivity contribution in [2.75, 3.05) is 13.2 Å². The van der Waals surface area contributed by atoms with Crippen LogP contribution < -0.4 is 10.1 Å². The van der Waals surface area contributed by atoms with Gasteiger partial charge in [0, 0.05) is 28.7 Å². The van der Waals surface area contributed by atoms with Crippen LogP contribution >= 0.6 is 11.6 Å². The predicted octanol–water partition coefficient (Wildman–Crippen LogP) is 6.84. The fourth-order valence-corrected chi connectivity index (χ4v) is 3.62. The van der Waals surface area contributed by atoms with Crippen molar-refractivity contribution in [2.45, 2.75) is 78.4 Å². The summed E-state index contributed by atoms with van der Waals surface area (Å²) in [5, 5.41) is 14.4. The zero-order valence-corrected chi connectivity index (χ0v) is 21.7. The van der Waals surface area contributed by atoms with E-state index >= 15 is 0 Å². The Kier molecular flexibility index (Phi) is 8.98. The lowest BCUT2D eigenvalue weighted by molar-refractivity contribution is 0.102. The average Bonchev–Trinajstić information content (AvgIpc) is 2.68. The number of benzene rings is 2. The van der Waals surface area contributed by atoms with E-state index in [-0.39, 0.29) is 17.4 Å². The second-order valence-corrected chi connectivity index (χ2v) is 11.2. The van der Waals surface area contributed by atoms with Crippen molar-refractivity contribution >= 4 is 23.8 Å². The van der Waals surface area contributed by atoms with Gasteiger partial charge in [-0.3, -0.25) is 0 Å². The molecule has 0 amide bonds. The first-order chi connectivity index (χ1) is 14.8. The normalized spacial score (nSPS) is 13.7. The first-order valence-corrected chi connectivity index (χ1v) is 11.8.